The van der Waals surface area contributed by atoms with E-state index < -0.39 is 0 Å². The van der Waals surface area contributed by atoms with Gasteiger partial charge in [-0.1, -0.05) is 60.2 Å². The maximum absolute atomic E-state index is 5.11. The van der Waals surface area contributed by atoms with Crippen LogP contribution in [-0.2, 0) is 0 Å². The molecule has 0 spiro atoms. The number of aryl methyl sites for hydroxylation is 1. The minimum atomic E-state index is 1.04. The van der Waals surface area contributed by atoms with Crippen molar-refractivity contribution in [3.63, 3.8) is 0 Å². The Kier molecular flexibility index (Phi) is 3.12. The monoisotopic (exact) mass is 358 g/mol. The maximum Gasteiger partial charge on any atom is 0.0957 e. The van der Waals surface area contributed by atoms with Crippen LogP contribution in [0.1, 0.15) is 5.56 Å². The first-order valence-electron chi connectivity index (χ1n) is 9.58. The van der Waals surface area contributed by atoms with Gasteiger partial charge in [0.2, 0.25) is 0 Å². The van der Waals surface area contributed by atoms with E-state index in [9.17, 15) is 0 Å². The van der Waals surface area contributed by atoms with E-state index in [0.29, 0.717) is 0 Å². The highest BCUT2D eigenvalue weighted by molar-refractivity contribution is 6.14. The van der Waals surface area contributed by atoms with Gasteiger partial charge in [-0.15, -0.1) is 0 Å². The zero-order valence-electron chi connectivity index (χ0n) is 15.6. The lowest BCUT2D eigenvalue weighted by Crippen LogP contribution is -2.15. The minimum absolute atomic E-state index is 1.04. The van der Waals surface area contributed by atoms with Crippen molar-refractivity contribution < 1.29 is 0 Å². The number of hydrogen-bond acceptors (Lipinski definition) is 2. The van der Waals surface area contributed by atoms with E-state index in [2.05, 4.69) is 103 Å². The molecule has 4 aromatic carbocycles. The number of rotatable bonds is 1. The second-order valence-electron chi connectivity index (χ2n) is 7.40. The number of hydrogen-bond donors (Lipinski definition) is 0. The predicted octanol–water partition coefficient (Wildman–Crippen LogP) is 7.15. The van der Waals surface area contributed by atoms with E-state index in [1.807, 2.05) is 0 Å². The highest BCUT2D eigenvalue weighted by Crippen LogP contribution is 2.50. The summed E-state index contributed by atoms with van der Waals surface area (Å²) in [5.74, 6) is 0. The summed E-state index contributed by atoms with van der Waals surface area (Å²) < 4.78 is 0. The van der Waals surface area contributed by atoms with Crippen LogP contribution >= 0.6 is 0 Å². The third kappa shape index (κ3) is 2.12. The van der Waals surface area contributed by atoms with Crippen LogP contribution in [-0.4, -0.2) is 4.98 Å². The molecular formula is C26H18N2. The van der Waals surface area contributed by atoms with Gasteiger partial charge in [0, 0.05) is 22.0 Å². The number of benzene rings is 4. The highest BCUT2D eigenvalue weighted by atomic mass is 15.2. The lowest BCUT2D eigenvalue weighted by Gasteiger charge is -2.33. The topological polar surface area (TPSA) is 16.1 Å². The molecule has 0 bridgehead atoms. The number of aromatic nitrogens is 1. The van der Waals surface area contributed by atoms with Crippen LogP contribution in [0.4, 0.5) is 17.1 Å². The van der Waals surface area contributed by atoms with E-state index in [1.165, 1.54) is 33.0 Å². The molecule has 0 amide bonds. The smallest absolute Gasteiger partial charge is 0.0957 e. The Morgan fingerprint density at radius 3 is 2.36 bits per heavy atom. The molecule has 0 radical (unpaired) electrons. The average molecular weight is 358 g/mol. The quantitative estimate of drug-likeness (QED) is 0.310. The van der Waals surface area contributed by atoms with Gasteiger partial charge < -0.3 is 4.90 Å². The van der Waals surface area contributed by atoms with Gasteiger partial charge >= 0.3 is 0 Å². The van der Waals surface area contributed by atoms with Crippen molar-refractivity contribution in [2.24, 2.45) is 0 Å². The van der Waals surface area contributed by atoms with E-state index in [1.54, 1.807) is 0 Å². The SMILES string of the molecule is Cc1ccc2nc3c(cc2c1)N(c1ccccc1)c1cccc2cccc-3c12. The van der Waals surface area contributed by atoms with E-state index >= 15 is 0 Å². The Morgan fingerprint density at radius 2 is 1.50 bits per heavy atom. The Balaban J connectivity index is 1.79. The van der Waals surface area contributed by atoms with Crippen LogP contribution in [0.2, 0.25) is 0 Å². The number of nitrogens with zero attached hydrogens (tertiary/aromatic N) is 2. The van der Waals surface area contributed by atoms with Crippen molar-refractivity contribution >= 4 is 38.7 Å². The molecule has 1 aliphatic heterocycles. The molecule has 1 aliphatic rings. The summed E-state index contributed by atoms with van der Waals surface area (Å²) in [5.41, 5.74) is 8.03. The second kappa shape index (κ2) is 5.67. The third-order valence-corrected chi connectivity index (χ3v) is 5.58. The Labute approximate surface area is 163 Å². The first-order chi connectivity index (χ1) is 13.8. The van der Waals surface area contributed by atoms with Gasteiger partial charge in [-0.2, -0.15) is 0 Å². The van der Waals surface area contributed by atoms with Crippen molar-refractivity contribution in [3.05, 3.63) is 96.6 Å². The van der Waals surface area contributed by atoms with E-state index in [4.69, 9.17) is 4.98 Å². The Bertz CT molecular complexity index is 1360. The fourth-order valence-corrected chi connectivity index (χ4v) is 4.34. The Hall–Kier alpha value is -3.65. The molecule has 6 rings (SSSR count). The zero-order valence-corrected chi connectivity index (χ0v) is 15.6. The molecule has 0 N–H and O–H groups in total. The van der Waals surface area contributed by atoms with E-state index in [0.717, 1.165) is 22.6 Å². The molecule has 0 atom stereocenters. The summed E-state index contributed by atoms with van der Waals surface area (Å²) >= 11 is 0. The minimum Gasteiger partial charge on any atom is -0.308 e. The van der Waals surface area contributed by atoms with Gasteiger partial charge in [0.25, 0.3) is 0 Å². The van der Waals surface area contributed by atoms with Crippen LogP contribution in [0.15, 0.2) is 91.0 Å². The molecule has 0 saturated carbocycles. The Morgan fingerprint density at radius 1 is 0.679 bits per heavy atom. The van der Waals surface area contributed by atoms with Crippen molar-refractivity contribution in [2.45, 2.75) is 6.92 Å². The van der Waals surface area contributed by atoms with Crippen molar-refractivity contribution in [1.29, 1.82) is 0 Å². The summed E-state index contributed by atoms with van der Waals surface area (Å²) in [4.78, 5) is 7.46. The highest BCUT2D eigenvalue weighted by Gasteiger charge is 2.27. The predicted molar refractivity (Wildman–Crippen MR) is 118 cm³/mol. The van der Waals surface area contributed by atoms with Crippen molar-refractivity contribution in [3.8, 4) is 11.3 Å². The first kappa shape index (κ1) is 15.4. The molecule has 1 aromatic heterocycles. The fourth-order valence-electron chi connectivity index (χ4n) is 4.34. The molecule has 0 aliphatic carbocycles. The standard InChI is InChI=1S/C26H18N2/c1-17-13-14-22-19(15-17)16-24-26(27-22)21-11-5-7-18-8-6-12-23(25(18)21)28(24)20-9-3-2-4-10-20/h2-16H,1H3. The molecule has 0 fully saturated rings. The fraction of sp³-hybridized carbons (Fsp3) is 0.0385. The summed E-state index contributed by atoms with van der Waals surface area (Å²) in [7, 11) is 0. The number of fused-ring (bicyclic) bond motifs is 3. The van der Waals surface area contributed by atoms with Gasteiger partial charge in [-0.25, -0.2) is 4.98 Å². The first-order valence-corrected chi connectivity index (χ1v) is 9.58. The molecule has 2 nitrogen and oxygen atoms in total. The number of pyridine rings is 1. The maximum atomic E-state index is 5.11. The molecule has 0 unspecified atom stereocenters. The zero-order chi connectivity index (χ0) is 18.7. The molecule has 2 heterocycles. The number of anilines is 3. The second-order valence-corrected chi connectivity index (χ2v) is 7.40. The summed E-state index contributed by atoms with van der Waals surface area (Å²) in [6.45, 7) is 2.13. The lowest BCUT2D eigenvalue weighted by atomic mass is 9.93. The lowest BCUT2D eigenvalue weighted by molar-refractivity contribution is 1.25. The molecule has 5 aromatic rings. The van der Waals surface area contributed by atoms with E-state index in [-0.39, 0.29) is 0 Å². The van der Waals surface area contributed by atoms with Crippen LogP contribution in [0, 0.1) is 6.92 Å². The van der Waals surface area contributed by atoms with Crippen LogP contribution < -0.4 is 4.90 Å². The van der Waals surface area contributed by atoms with Gasteiger partial charge in [-0.05, 0) is 48.7 Å². The molecular weight excluding hydrogens is 340 g/mol. The molecule has 132 valence electrons. The number of para-hydroxylation sites is 1. The molecule has 2 heteroatoms. The van der Waals surface area contributed by atoms with Crippen molar-refractivity contribution in [2.75, 3.05) is 4.90 Å². The van der Waals surface area contributed by atoms with Crippen LogP contribution in [0.25, 0.3) is 32.9 Å². The molecule has 28 heavy (non-hydrogen) atoms. The van der Waals surface area contributed by atoms with Crippen molar-refractivity contribution in [1.82, 2.24) is 4.98 Å². The summed E-state index contributed by atoms with van der Waals surface area (Å²) in [6.07, 6.45) is 0. The largest absolute Gasteiger partial charge is 0.308 e. The van der Waals surface area contributed by atoms with Crippen LogP contribution in [0.5, 0.6) is 0 Å². The van der Waals surface area contributed by atoms with Gasteiger partial charge in [0.05, 0.1) is 22.6 Å². The molecule has 0 saturated heterocycles. The summed E-state index contributed by atoms with van der Waals surface area (Å²) in [5, 5.41) is 3.68. The van der Waals surface area contributed by atoms with Crippen LogP contribution in [0.3, 0.4) is 0 Å². The van der Waals surface area contributed by atoms with Gasteiger partial charge in [-0.3, -0.25) is 0 Å². The van der Waals surface area contributed by atoms with Gasteiger partial charge in [0.15, 0.2) is 0 Å². The van der Waals surface area contributed by atoms with Gasteiger partial charge in [0.1, 0.15) is 0 Å². The normalized spacial score (nSPS) is 12.4. The average Bonchev–Trinajstić information content (AvgIpc) is 2.74. The summed E-state index contributed by atoms with van der Waals surface area (Å²) in [6, 6.07) is 32.4. The third-order valence-electron chi connectivity index (χ3n) is 5.58.